The summed E-state index contributed by atoms with van der Waals surface area (Å²) in [5.74, 6) is -2.23. The molecule has 1 fully saturated rings. The van der Waals surface area contributed by atoms with E-state index in [2.05, 4.69) is 0 Å². The molecule has 0 radical (unpaired) electrons. The maximum atomic E-state index is 13.8. The topological polar surface area (TPSA) is 95.2 Å². The molecule has 6 heteroatoms. The molecule has 90 valence electrons. The third-order valence-corrected chi connectivity index (χ3v) is 3.02. The molecular formula is C12H8F2N4. The molecule has 1 aliphatic carbocycles. The largest absolute Gasteiger partial charge is 0.244 e. The molecule has 0 aromatic rings. The Kier molecular flexibility index (Phi) is 4.36. The predicted octanol–water partition coefficient (Wildman–Crippen LogP) is 2.08. The fraction of sp³-hybridized carbons (Fsp3) is 0.500. The number of nitriles is 4. The number of rotatable bonds is 1. The molecule has 3 unspecified atom stereocenters. The Morgan fingerprint density at radius 1 is 1.11 bits per heavy atom. The van der Waals surface area contributed by atoms with Crippen LogP contribution in [-0.4, -0.2) is 12.3 Å². The smallest absolute Gasteiger partial charge is 0.155 e. The monoisotopic (exact) mass is 246 g/mol. The van der Waals surface area contributed by atoms with Gasteiger partial charge in [0.05, 0.1) is 12.1 Å². The number of hydrogen-bond donors (Lipinski definition) is 0. The van der Waals surface area contributed by atoms with Crippen molar-refractivity contribution in [3.8, 4) is 24.3 Å². The van der Waals surface area contributed by atoms with E-state index in [0.717, 1.165) is 0 Å². The van der Waals surface area contributed by atoms with Crippen LogP contribution in [0.4, 0.5) is 8.78 Å². The summed E-state index contributed by atoms with van der Waals surface area (Å²) in [7, 11) is 0. The van der Waals surface area contributed by atoms with Crippen molar-refractivity contribution >= 4 is 0 Å². The van der Waals surface area contributed by atoms with Crippen LogP contribution in [0.3, 0.4) is 0 Å². The highest BCUT2D eigenvalue weighted by Gasteiger charge is 2.42. The van der Waals surface area contributed by atoms with Gasteiger partial charge in [0, 0.05) is 5.92 Å². The van der Waals surface area contributed by atoms with E-state index in [-0.39, 0.29) is 18.4 Å². The van der Waals surface area contributed by atoms with Crippen LogP contribution in [0.1, 0.15) is 12.8 Å². The van der Waals surface area contributed by atoms with Crippen LogP contribution in [0.25, 0.3) is 0 Å². The highest BCUT2D eigenvalue weighted by molar-refractivity contribution is 5.43. The lowest BCUT2D eigenvalue weighted by molar-refractivity contribution is 0.0910. The molecule has 0 saturated heterocycles. The minimum absolute atomic E-state index is 0.0164. The van der Waals surface area contributed by atoms with Crippen molar-refractivity contribution in [2.24, 2.45) is 11.8 Å². The number of allylic oxidation sites excluding steroid dienone is 2. The van der Waals surface area contributed by atoms with Crippen LogP contribution < -0.4 is 0 Å². The zero-order chi connectivity index (χ0) is 13.7. The first-order valence-electron chi connectivity index (χ1n) is 5.21. The second-order valence-electron chi connectivity index (χ2n) is 3.91. The van der Waals surface area contributed by atoms with Crippen LogP contribution in [0, 0.1) is 57.2 Å². The highest BCUT2D eigenvalue weighted by atomic mass is 19.2. The second-order valence-corrected chi connectivity index (χ2v) is 3.91. The first-order valence-corrected chi connectivity index (χ1v) is 5.21. The zero-order valence-electron chi connectivity index (χ0n) is 9.27. The average Bonchev–Trinajstić information content (AvgIpc) is 2.39. The van der Waals surface area contributed by atoms with E-state index in [4.69, 9.17) is 21.0 Å². The average molecular weight is 246 g/mol. The van der Waals surface area contributed by atoms with E-state index in [9.17, 15) is 8.78 Å². The summed E-state index contributed by atoms with van der Waals surface area (Å²) in [6.07, 6.45) is -4.03. The van der Waals surface area contributed by atoms with E-state index in [0.29, 0.717) is 0 Å². The van der Waals surface area contributed by atoms with Gasteiger partial charge in [-0.3, -0.25) is 0 Å². The maximum Gasteiger partial charge on any atom is 0.155 e. The SMILES string of the molecule is N#CC(C#N)=C1CCC(C(C#N)C#N)C(F)C1F. The van der Waals surface area contributed by atoms with E-state index >= 15 is 0 Å². The van der Waals surface area contributed by atoms with Gasteiger partial charge in [-0.2, -0.15) is 21.0 Å². The Bertz CT molecular complexity index is 496. The Balaban J connectivity index is 3.04. The molecule has 18 heavy (non-hydrogen) atoms. The lowest BCUT2D eigenvalue weighted by atomic mass is 9.75. The van der Waals surface area contributed by atoms with Crippen molar-refractivity contribution in [1.29, 1.82) is 21.0 Å². The van der Waals surface area contributed by atoms with Crippen LogP contribution in [-0.2, 0) is 0 Å². The summed E-state index contributed by atoms with van der Waals surface area (Å²) in [6, 6.07) is 6.31. The maximum absolute atomic E-state index is 13.8. The normalized spacial score (nSPS) is 26.6. The van der Waals surface area contributed by atoms with E-state index in [1.165, 1.54) is 12.1 Å². The van der Waals surface area contributed by atoms with Crippen LogP contribution >= 0.6 is 0 Å². The molecule has 1 saturated carbocycles. The molecule has 1 aliphatic rings. The summed E-state index contributed by atoms with van der Waals surface area (Å²) < 4.78 is 27.6. The minimum Gasteiger partial charge on any atom is -0.244 e. The Morgan fingerprint density at radius 2 is 1.67 bits per heavy atom. The van der Waals surface area contributed by atoms with Crippen LogP contribution in [0.15, 0.2) is 11.1 Å². The van der Waals surface area contributed by atoms with E-state index in [1.807, 2.05) is 0 Å². The van der Waals surface area contributed by atoms with Gasteiger partial charge in [-0.25, -0.2) is 8.78 Å². The Hall–Kier alpha value is -2.44. The molecule has 3 atom stereocenters. The number of nitrogens with zero attached hydrogens (tertiary/aromatic N) is 4. The molecule has 0 aromatic carbocycles. The van der Waals surface area contributed by atoms with Gasteiger partial charge < -0.3 is 0 Å². The number of alkyl halides is 2. The molecule has 1 rings (SSSR count). The summed E-state index contributed by atoms with van der Waals surface area (Å²) in [4.78, 5) is 0. The highest BCUT2D eigenvalue weighted by Crippen LogP contribution is 2.38. The van der Waals surface area contributed by atoms with Gasteiger partial charge in [-0.1, -0.05) is 0 Å². The Labute approximate surface area is 103 Å². The van der Waals surface area contributed by atoms with Gasteiger partial charge in [-0.05, 0) is 18.4 Å². The molecule has 0 amide bonds. The Morgan fingerprint density at radius 3 is 2.11 bits per heavy atom. The molecule has 0 bridgehead atoms. The van der Waals surface area contributed by atoms with Gasteiger partial charge in [0.2, 0.25) is 0 Å². The quantitative estimate of drug-likeness (QED) is 0.661. The van der Waals surface area contributed by atoms with Gasteiger partial charge in [0.15, 0.2) is 6.17 Å². The predicted molar refractivity (Wildman–Crippen MR) is 55.5 cm³/mol. The fourth-order valence-electron chi connectivity index (χ4n) is 2.03. The summed E-state index contributed by atoms with van der Waals surface area (Å²) in [5, 5.41) is 34.6. The minimum atomic E-state index is -2.10. The lowest BCUT2D eigenvalue weighted by Gasteiger charge is -2.31. The summed E-state index contributed by atoms with van der Waals surface area (Å²) in [6.45, 7) is 0. The molecule has 0 heterocycles. The van der Waals surface area contributed by atoms with Gasteiger partial charge in [-0.15, -0.1) is 0 Å². The molecular weight excluding hydrogens is 238 g/mol. The van der Waals surface area contributed by atoms with Crippen LogP contribution in [0.2, 0.25) is 0 Å². The zero-order valence-corrected chi connectivity index (χ0v) is 9.27. The van der Waals surface area contributed by atoms with Gasteiger partial charge in [0.1, 0.15) is 29.8 Å². The summed E-state index contributed by atoms with van der Waals surface area (Å²) >= 11 is 0. The summed E-state index contributed by atoms with van der Waals surface area (Å²) in [5.41, 5.74) is -0.590. The van der Waals surface area contributed by atoms with Gasteiger partial charge in [0.25, 0.3) is 0 Å². The fourth-order valence-corrected chi connectivity index (χ4v) is 2.03. The lowest BCUT2D eigenvalue weighted by Crippen LogP contribution is -2.37. The van der Waals surface area contributed by atoms with Crippen molar-refractivity contribution < 1.29 is 8.78 Å². The second kappa shape index (κ2) is 5.76. The third-order valence-electron chi connectivity index (χ3n) is 3.02. The van der Waals surface area contributed by atoms with Crippen molar-refractivity contribution in [1.82, 2.24) is 0 Å². The van der Waals surface area contributed by atoms with Crippen molar-refractivity contribution in [2.75, 3.05) is 0 Å². The molecule has 0 spiro atoms. The van der Waals surface area contributed by atoms with Gasteiger partial charge >= 0.3 is 0 Å². The van der Waals surface area contributed by atoms with Crippen molar-refractivity contribution in [2.45, 2.75) is 25.2 Å². The van der Waals surface area contributed by atoms with E-state index < -0.39 is 29.8 Å². The van der Waals surface area contributed by atoms with E-state index in [1.54, 1.807) is 12.1 Å². The molecule has 4 nitrogen and oxygen atoms in total. The first kappa shape index (κ1) is 13.6. The molecule has 0 aromatic heterocycles. The number of hydrogen-bond acceptors (Lipinski definition) is 4. The van der Waals surface area contributed by atoms with Crippen LogP contribution in [0.5, 0.6) is 0 Å². The molecule has 0 aliphatic heterocycles. The third kappa shape index (κ3) is 2.29. The standard InChI is InChI=1S/C12H8F2N4/c13-11-9(7(3-15)4-16)1-2-10(12(11)14)8(5-17)6-18/h7,9,11-12H,1-2H2. The number of halogens is 2. The van der Waals surface area contributed by atoms with Crippen molar-refractivity contribution in [3.63, 3.8) is 0 Å². The van der Waals surface area contributed by atoms with Crippen molar-refractivity contribution in [3.05, 3.63) is 11.1 Å². The first-order chi connectivity index (χ1) is 8.60. The molecule has 0 N–H and O–H groups in total.